The summed E-state index contributed by atoms with van der Waals surface area (Å²) in [6, 6.07) is 8.56. The van der Waals surface area contributed by atoms with Crippen molar-refractivity contribution in [2.45, 2.75) is 31.3 Å². The first-order valence-electron chi connectivity index (χ1n) is 6.80. The third-order valence-electron chi connectivity index (χ3n) is 3.56. The van der Waals surface area contributed by atoms with E-state index in [-0.39, 0.29) is 12.1 Å². The Morgan fingerprint density at radius 1 is 1.47 bits per heavy atom. The standard InChI is InChI=1S/C15H24N2O2/c1-15(11-18,16-12-7-8-12)10-17(2)13-5-4-6-14(9-13)19-3/h4-6,9,12,16,18H,7-8,10-11H2,1-3H3. The molecule has 2 N–H and O–H groups in total. The highest BCUT2D eigenvalue weighted by Gasteiger charge is 2.32. The molecular weight excluding hydrogens is 240 g/mol. The van der Waals surface area contributed by atoms with Gasteiger partial charge in [-0.1, -0.05) is 6.07 Å². The Morgan fingerprint density at radius 2 is 2.21 bits per heavy atom. The fraction of sp³-hybridized carbons (Fsp3) is 0.600. The molecule has 4 nitrogen and oxygen atoms in total. The van der Waals surface area contributed by atoms with Crippen LogP contribution in [0.1, 0.15) is 19.8 Å². The van der Waals surface area contributed by atoms with Crippen molar-refractivity contribution in [3.05, 3.63) is 24.3 Å². The summed E-state index contributed by atoms with van der Waals surface area (Å²) >= 11 is 0. The molecule has 0 bridgehead atoms. The molecule has 0 heterocycles. The average Bonchev–Trinajstić information content (AvgIpc) is 3.22. The van der Waals surface area contributed by atoms with E-state index in [2.05, 4.69) is 23.2 Å². The molecule has 0 aromatic heterocycles. The van der Waals surface area contributed by atoms with Crippen molar-refractivity contribution in [2.75, 3.05) is 32.2 Å². The lowest BCUT2D eigenvalue weighted by Gasteiger charge is -2.34. The van der Waals surface area contributed by atoms with E-state index in [9.17, 15) is 5.11 Å². The molecular formula is C15H24N2O2. The lowest BCUT2D eigenvalue weighted by atomic mass is 10.0. The molecule has 1 fully saturated rings. The molecule has 106 valence electrons. The van der Waals surface area contributed by atoms with Gasteiger partial charge in [0.15, 0.2) is 0 Å². The van der Waals surface area contributed by atoms with Crippen molar-refractivity contribution >= 4 is 5.69 Å². The molecule has 4 heteroatoms. The maximum Gasteiger partial charge on any atom is 0.120 e. The number of hydrogen-bond donors (Lipinski definition) is 2. The lowest BCUT2D eigenvalue weighted by Crippen LogP contribution is -2.54. The largest absolute Gasteiger partial charge is 0.497 e. The number of methoxy groups -OCH3 is 1. The molecule has 1 aromatic rings. The molecule has 1 unspecified atom stereocenters. The maximum atomic E-state index is 9.64. The highest BCUT2D eigenvalue weighted by molar-refractivity contribution is 5.50. The van der Waals surface area contributed by atoms with Crippen molar-refractivity contribution in [3.63, 3.8) is 0 Å². The SMILES string of the molecule is COc1cccc(N(C)CC(C)(CO)NC2CC2)c1. The van der Waals surface area contributed by atoms with Gasteiger partial charge in [-0.2, -0.15) is 0 Å². The van der Waals surface area contributed by atoms with Crippen molar-refractivity contribution in [1.82, 2.24) is 5.32 Å². The smallest absolute Gasteiger partial charge is 0.120 e. The Hall–Kier alpha value is -1.26. The van der Waals surface area contributed by atoms with Gasteiger partial charge in [0.2, 0.25) is 0 Å². The molecule has 1 aromatic carbocycles. The molecule has 0 aliphatic heterocycles. The van der Waals surface area contributed by atoms with E-state index < -0.39 is 0 Å². The third kappa shape index (κ3) is 3.85. The van der Waals surface area contributed by atoms with E-state index >= 15 is 0 Å². The Labute approximate surface area is 115 Å². The number of aliphatic hydroxyl groups excluding tert-OH is 1. The number of hydrogen-bond acceptors (Lipinski definition) is 4. The van der Waals surface area contributed by atoms with Gasteiger partial charge in [-0.25, -0.2) is 0 Å². The van der Waals surface area contributed by atoms with Crippen molar-refractivity contribution < 1.29 is 9.84 Å². The van der Waals surface area contributed by atoms with Gasteiger partial charge in [-0.15, -0.1) is 0 Å². The van der Waals surface area contributed by atoms with Crippen LogP contribution in [-0.4, -0.2) is 44.0 Å². The van der Waals surface area contributed by atoms with Gasteiger partial charge in [-0.3, -0.25) is 0 Å². The second-order valence-electron chi connectivity index (χ2n) is 5.69. The van der Waals surface area contributed by atoms with Crippen LogP contribution in [0.3, 0.4) is 0 Å². The number of aliphatic hydroxyl groups is 1. The number of anilines is 1. The first kappa shape index (κ1) is 14.2. The highest BCUT2D eigenvalue weighted by atomic mass is 16.5. The summed E-state index contributed by atoms with van der Waals surface area (Å²) in [6.07, 6.45) is 2.44. The lowest BCUT2D eigenvalue weighted by molar-refractivity contribution is 0.177. The van der Waals surface area contributed by atoms with Crippen LogP contribution in [0.4, 0.5) is 5.69 Å². The normalized spacial score (nSPS) is 17.9. The van der Waals surface area contributed by atoms with E-state index in [1.165, 1.54) is 12.8 Å². The monoisotopic (exact) mass is 264 g/mol. The summed E-state index contributed by atoms with van der Waals surface area (Å²) in [5, 5.41) is 13.2. The molecule has 0 saturated heterocycles. The number of nitrogens with one attached hydrogen (secondary N) is 1. The van der Waals surface area contributed by atoms with E-state index in [4.69, 9.17) is 4.74 Å². The van der Waals surface area contributed by atoms with Crippen LogP contribution < -0.4 is 15.0 Å². The van der Waals surface area contributed by atoms with Crippen LogP contribution in [0.15, 0.2) is 24.3 Å². The molecule has 1 atom stereocenters. The summed E-state index contributed by atoms with van der Waals surface area (Å²) in [5.41, 5.74) is 0.829. The van der Waals surface area contributed by atoms with Gasteiger partial charge in [0.1, 0.15) is 5.75 Å². The third-order valence-corrected chi connectivity index (χ3v) is 3.56. The molecule has 0 radical (unpaired) electrons. The fourth-order valence-electron chi connectivity index (χ4n) is 2.32. The van der Waals surface area contributed by atoms with Gasteiger partial charge in [-0.05, 0) is 31.9 Å². The number of rotatable bonds is 7. The Bertz CT molecular complexity index is 420. The highest BCUT2D eigenvalue weighted by Crippen LogP contribution is 2.25. The van der Waals surface area contributed by atoms with Crippen molar-refractivity contribution in [2.24, 2.45) is 0 Å². The van der Waals surface area contributed by atoms with E-state index in [0.717, 1.165) is 18.0 Å². The first-order valence-corrected chi connectivity index (χ1v) is 6.80. The van der Waals surface area contributed by atoms with Gasteiger partial charge in [0.25, 0.3) is 0 Å². The summed E-state index contributed by atoms with van der Waals surface area (Å²) in [4.78, 5) is 2.15. The first-order chi connectivity index (χ1) is 9.06. The van der Waals surface area contributed by atoms with E-state index in [0.29, 0.717) is 6.04 Å². The Kier molecular flexibility index (Phi) is 4.32. The number of benzene rings is 1. The summed E-state index contributed by atoms with van der Waals surface area (Å²) in [5.74, 6) is 0.852. The van der Waals surface area contributed by atoms with Crippen LogP contribution in [0.25, 0.3) is 0 Å². The van der Waals surface area contributed by atoms with Gasteiger partial charge >= 0.3 is 0 Å². The van der Waals surface area contributed by atoms with Gasteiger partial charge < -0.3 is 20.1 Å². The van der Waals surface area contributed by atoms with Crippen LogP contribution >= 0.6 is 0 Å². The predicted octanol–water partition coefficient (Wildman–Crippen LogP) is 1.63. The number of likely N-dealkylation sites (N-methyl/N-ethyl adjacent to an activating group) is 1. The molecule has 0 amide bonds. The van der Waals surface area contributed by atoms with Crippen LogP contribution in [0.5, 0.6) is 5.75 Å². The summed E-state index contributed by atoms with van der Waals surface area (Å²) < 4.78 is 5.24. The number of nitrogens with zero attached hydrogens (tertiary/aromatic N) is 1. The summed E-state index contributed by atoms with van der Waals surface area (Å²) in [7, 11) is 3.71. The van der Waals surface area contributed by atoms with E-state index in [1.54, 1.807) is 7.11 Å². The minimum Gasteiger partial charge on any atom is -0.497 e. The van der Waals surface area contributed by atoms with Gasteiger partial charge in [0.05, 0.1) is 19.3 Å². The zero-order valence-corrected chi connectivity index (χ0v) is 12.0. The quantitative estimate of drug-likeness (QED) is 0.786. The zero-order chi connectivity index (χ0) is 13.9. The second kappa shape index (κ2) is 5.80. The molecule has 1 aliphatic rings. The molecule has 0 spiro atoms. The van der Waals surface area contributed by atoms with Crippen LogP contribution in [0, 0.1) is 0 Å². The average molecular weight is 264 g/mol. The topological polar surface area (TPSA) is 44.7 Å². The van der Waals surface area contributed by atoms with Crippen LogP contribution in [-0.2, 0) is 0 Å². The Balaban J connectivity index is 2.02. The van der Waals surface area contributed by atoms with Crippen molar-refractivity contribution in [1.29, 1.82) is 0 Å². The van der Waals surface area contributed by atoms with Gasteiger partial charge in [0, 0.05) is 31.4 Å². The minimum atomic E-state index is -0.265. The maximum absolute atomic E-state index is 9.64. The predicted molar refractivity (Wildman–Crippen MR) is 77.9 cm³/mol. The second-order valence-corrected chi connectivity index (χ2v) is 5.69. The number of ether oxygens (including phenoxy) is 1. The Morgan fingerprint density at radius 3 is 2.79 bits per heavy atom. The fourth-order valence-corrected chi connectivity index (χ4v) is 2.32. The minimum absolute atomic E-state index is 0.137. The van der Waals surface area contributed by atoms with Crippen molar-refractivity contribution in [3.8, 4) is 5.75 Å². The molecule has 19 heavy (non-hydrogen) atoms. The molecule has 1 saturated carbocycles. The molecule has 1 aliphatic carbocycles. The van der Waals surface area contributed by atoms with Crippen LogP contribution in [0.2, 0.25) is 0 Å². The molecule has 2 rings (SSSR count). The summed E-state index contributed by atoms with van der Waals surface area (Å²) in [6.45, 7) is 2.97. The van der Waals surface area contributed by atoms with E-state index in [1.807, 2.05) is 25.2 Å². The zero-order valence-electron chi connectivity index (χ0n) is 12.0.